The fourth-order valence-corrected chi connectivity index (χ4v) is 5.30. The smallest absolute Gasteiger partial charge is 0.134 e. The molecular formula is C26H28FN5S. The normalized spacial score (nSPS) is 15.2. The maximum Gasteiger partial charge on any atom is 0.134 e. The molecule has 0 aliphatic carbocycles. The van der Waals surface area contributed by atoms with E-state index in [-0.39, 0.29) is 5.82 Å². The number of benzene rings is 2. The van der Waals surface area contributed by atoms with Gasteiger partial charge in [0.1, 0.15) is 11.5 Å². The van der Waals surface area contributed by atoms with E-state index in [4.69, 9.17) is 0 Å². The number of thiazole rings is 1. The van der Waals surface area contributed by atoms with Crippen LogP contribution in [0.4, 0.5) is 10.1 Å². The third kappa shape index (κ3) is 4.70. The second kappa shape index (κ2) is 9.08. The Bertz CT molecular complexity index is 1280. The first-order valence-electron chi connectivity index (χ1n) is 11.3. The first kappa shape index (κ1) is 21.8. The van der Waals surface area contributed by atoms with Crippen LogP contribution in [0.15, 0.2) is 49.2 Å². The molecular weight excluding hydrogens is 433 g/mol. The largest absolute Gasteiger partial charge is 0.354 e. The van der Waals surface area contributed by atoms with Crippen LogP contribution in [-0.2, 0) is 6.42 Å². The number of aryl methyl sites for hydroxylation is 1. The summed E-state index contributed by atoms with van der Waals surface area (Å²) in [6, 6.07) is 11.9. The van der Waals surface area contributed by atoms with Gasteiger partial charge in [0.05, 0.1) is 21.1 Å². The predicted octanol–water partition coefficient (Wildman–Crippen LogP) is 6.10. The van der Waals surface area contributed by atoms with Gasteiger partial charge in [-0.25, -0.2) is 9.37 Å². The van der Waals surface area contributed by atoms with Gasteiger partial charge in [-0.2, -0.15) is 5.10 Å². The van der Waals surface area contributed by atoms with Crippen LogP contribution < -0.4 is 5.32 Å². The number of nitrogens with one attached hydrogen (secondary N) is 2. The van der Waals surface area contributed by atoms with E-state index in [9.17, 15) is 4.39 Å². The van der Waals surface area contributed by atoms with Gasteiger partial charge in [-0.1, -0.05) is 18.7 Å². The summed E-state index contributed by atoms with van der Waals surface area (Å²) in [6.45, 7) is 8.49. The number of likely N-dealkylation sites (tertiary alicyclic amines) is 1. The van der Waals surface area contributed by atoms with Crippen molar-refractivity contribution in [1.29, 1.82) is 0 Å². The molecule has 1 fully saturated rings. The molecule has 2 aromatic carbocycles. The third-order valence-electron chi connectivity index (χ3n) is 6.43. The van der Waals surface area contributed by atoms with Gasteiger partial charge in [0.2, 0.25) is 0 Å². The topological polar surface area (TPSA) is 56.8 Å². The van der Waals surface area contributed by atoms with Gasteiger partial charge in [0.25, 0.3) is 0 Å². The highest BCUT2D eigenvalue weighted by Crippen LogP contribution is 2.33. The van der Waals surface area contributed by atoms with Gasteiger partial charge >= 0.3 is 0 Å². The minimum Gasteiger partial charge on any atom is -0.354 e. The zero-order chi connectivity index (χ0) is 22.9. The summed E-state index contributed by atoms with van der Waals surface area (Å²) in [5.74, 6) is 0.474. The molecule has 4 aromatic rings. The van der Waals surface area contributed by atoms with Crippen LogP contribution in [-0.4, -0.2) is 40.2 Å². The number of piperidine rings is 1. The Labute approximate surface area is 197 Å². The molecule has 0 unspecified atom stereocenters. The molecule has 1 aliphatic heterocycles. The number of anilines is 1. The molecule has 2 N–H and O–H groups in total. The van der Waals surface area contributed by atoms with Crippen LogP contribution in [0.3, 0.4) is 0 Å². The second-order valence-electron chi connectivity index (χ2n) is 8.94. The quantitative estimate of drug-likeness (QED) is 0.364. The minimum absolute atomic E-state index is 0.292. The van der Waals surface area contributed by atoms with Crippen molar-refractivity contribution in [3.63, 3.8) is 0 Å². The molecule has 1 aliphatic rings. The van der Waals surface area contributed by atoms with Crippen LogP contribution in [0.25, 0.3) is 27.0 Å². The summed E-state index contributed by atoms with van der Waals surface area (Å²) in [7, 11) is 2.20. The van der Waals surface area contributed by atoms with E-state index in [2.05, 4.69) is 63.3 Å². The number of H-pyrrole nitrogens is 1. The Morgan fingerprint density at radius 1 is 1.24 bits per heavy atom. The zero-order valence-electron chi connectivity index (χ0n) is 19.0. The Hall–Kier alpha value is -3.03. The lowest BCUT2D eigenvalue weighted by Gasteiger charge is -2.29. The molecule has 0 bridgehead atoms. The summed E-state index contributed by atoms with van der Waals surface area (Å²) in [5, 5.41) is 12.4. The fourth-order valence-electron chi connectivity index (χ4n) is 4.50. The molecule has 0 amide bonds. The maximum atomic E-state index is 14.7. The lowest BCUT2D eigenvalue weighted by Crippen LogP contribution is -2.30. The van der Waals surface area contributed by atoms with Crippen LogP contribution >= 0.6 is 11.3 Å². The monoisotopic (exact) mass is 461 g/mol. The number of halogens is 1. The van der Waals surface area contributed by atoms with Crippen molar-refractivity contribution in [2.45, 2.75) is 26.2 Å². The maximum absolute atomic E-state index is 14.7. The molecule has 5 rings (SSSR count). The van der Waals surface area contributed by atoms with E-state index in [1.165, 1.54) is 48.9 Å². The molecule has 1 saturated heterocycles. The first-order valence-corrected chi connectivity index (χ1v) is 12.1. The van der Waals surface area contributed by atoms with E-state index in [0.29, 0.717) is 22.5 Å². The fraction of sp³-hybridized carbons (Fsp3) is 0.308. The molecule has 170 valence electrons. The van der Waals surface area contributed by atoms with Gasteiger partial charge in [0.15, 0.2) is 0 Å². The average molecular weight is 462 g/mol. The molecule has 33 heavy (non-hydrogen) atoms. The molecule has 3 heterocycles. The summed E-state index contributed by atoms with van der Waals surface area (Å²) in [4.78, 5) is 7.47. The Balaban J connectivity index is 1.32. The van der Waals surface area contributed by atoms with Crippen LogP contribution in [0.5, 0.6) is 0 Å². The van der Waals surface area contributed by atoms with Crippen molar-refractivity contribution in [2.24, 2.45) is 5.92 Å². The SMILES string of the molecule is C=C(Nc1ccc(CC2CCN(C)CC2)cc1)c1n[nH]c2cc(F)c(-c3cnc(C)s3)cc12. The van der Waals surface area contributed by atoms with Crippen molar-refractivity contribution >= 4 is 33.6 Å². The van der Waals surface area contributed by atoms with E-state index >= 15 is 0 Å². The summed E-state index contributed by atoms with van der Waals surface area (Å²) < 4.78 is 14.7. The van der Waals surface area contributed by atoms with Crippen molar-refractivity contribution in [2.75, 3.05) is 25.5 Å². The number of rotatable bonds is 6. The van der Waals surface area contributed by atoms with Crippen molar-refractivity contribution < 1.29 is 4.39 Å². The Kier molecular flexibility index (Phi) is 6.00. The number of aromatic amines is 1. The van der Waals surface area contributed by atoms with Crippen molar-refractivity contribution in [1.82, 2.24) is 20.1 Å². The number of aromatic nitrogens is 3. The molecule has 5 nitrogen and oxygen atoms in total. The standard InChI is InChI=1S/C26H28FN5S/c1-16(29-20-6-4-18(5-7-20)12-19-8-10-32(3)11-9-19)26-22-13-21(25-15-28-17(2)33-25)23(27)14-24(22)30-31-26/h4-7,13-15,19,29H,1,8-12H2,2-3H3,(H,30,31). The molecule has 0 radical (unpaired) electrons. The predicted molar refractivity (Wildman–Crippen MR) is 135 cm³/mol. The third-order valence-corrected chi connectivity index (χ3v) is 7.38. The number of hydrogen-bond donors (Lipinski definition) is 2. The lowest BCUT2D eigenvalue weighted by atomic mass is 9.90. The minimum atomic E-state index is -0.292. The van der Waals surface area contributed by atoms with Crippen molar-refractivity contribution in [3.05, 3.63) is 71.3 Å². The van der Waals surface area contributed by atoms with E-state index in [1.54, 1.807) is 6.20 Å². The van der Waals surface area contributed by atoms with Gasteiger partial charge in [-0.05, 0) is 76.0 Å². The average Bonchev–Trinajstić information content (AvgIpc) is 3.42. The highest BCUT2D eigenvalue weighted by Gasteiger charge is 2.18. The number of fused-ring (bicyclic) bond motifs is 1. The van der Waals surface area contributed by atoms with E-state index in [0.717, 1.165) is 33.3 Å². The second-order valence-corrected chi connectivity index (χ2v) is 10.2. The molecule has 2 aromatic heterocycles. The first-order chi connectivity index (χ1) is 16.0. The van der Waals surface area contributed by atoms with E-state index < -0.39 is 0 Å². The van der Waals surface area contributed by atoms with Gasteiger partial charge < -0.3 is 10.2 Å². The number of nitrogens with zero attached hydrogens (tertiary/aromatic N) is 3. The van der Waals surface area contributed by atoms with Crippen molar-refractivity contribution in [3.8, 4) is 10.4 Å². The van der Waals surface area contributed by atoms with Gasteiger partial charge in [-0.3, -0.25) is 5.10 Å². The van der Waals surface area contributed by atoms with Gasteiger partial charge in [0, 0.05) is 28.9 Å². The number of hydrogen-bond acceptors (Lipinski definition) is 5. The Morgan fingerprint density at radius 3 is 2.70 bits per heavy atom. The van der Waals surface area contributed by atoms with E-state index in [1.807, 2.05) is 13.0 Å². The molecule has 0 atom stereocenters. The molecule has 0 spiro atoms. The highest BCUT2D eigenvalue weighted by atomic mass is 32.1. The molecule has 7 heteroatoms. The van der Waals surface area contributed by atoms with Gasteiger partial charge in [-0.15, -0.1) is 11.3 Å². The molecule has 0 saturated carbocycles. The Morgan fingerprint density at radius 2 is 2.00 bits per heavy atom. The van der Waals surface area contributed by atoms with Crippen LogP contribution in [0, 0.1) is 18.7 Å². The summed E-state index contributed by atoms with van der Waals surface area (Å²) in [6.07, 6.45) is 5.38. The lowest BCUT2D eigenvalue weighted by molar-refractivity contribution is 0.219. The highest BCUT2D eigenvalue weighted by molar-refractivity contribution is 7.15. The van der Waals surface area contributed by atoms with Crippen LogP contribution in [0.2, 0.25) is 0 Å². The summed E-state index contributed by atoms with van der Waals surface area (Å²) in [5.41, 5.74) is 4.85. The summed E-state index contributed by atoms with van der Waals surface area (Å²) >= 11 is 1.47. The van der Waals surface area contributed by atoms with Crippen LogP contribution in [0.1, 0.15) is 29.1 Å². The zero-order valence-corrected chi connectivity index (χ0v) is 19.8.